The predicted octanol–water partition coefficient (Wildman–Crippen LogP) is 3.91. The Kier molecular flexibility index (Phi) is 8.54. The molecule has 1 amide bonds. The van der Waals surface area contributed by atoms with E-state index in [0.717, 1.165) is 17.7 Å². The number of hydrogen-bond donors (Lipinski definition) is 3. The van der Waals surface area contributed by atoms with Gasteiger partial charge in [-0.25, -0.2) is 8.78 Å². The zero-order chi connectivity index (χ0) is 21.2. The van der Waals surface area contributed by atoms with Crippen molar-refractivity contribution in [3.05, 3.63) is 59.5 Å². The molecule has 8 heteroatoms. The number of rotatable bonds is 6. The van der Waals surface area contributed by atoms with Gasteiger partial charge in [0.05, 0.1) is 13.3 Å². The van der Waals surface area contributed by atoms with Crippen molar-refractivity contribution < 1.29 is 18.3 Å². The first kappa shape index (κ1) is 22.3. The van der Waals surface area contributed by atoms with Gasteiger partial charge in [-0.2, -0.15) is 5.10 Å². The van der Waals surface area contributed by atoms with Gasteiger partial charge in [0.15, 0.2) is 0 Å². The van der Waals surface area contributed by atoms with Gasteiger partial charge in [-0.15, -0.1) is 0 Å². The predicted molar refractivity (Wildman–Crippen MR) is 109 cm³/mol. The maximum absolute atomic E-state index is 13.7. The lowest BCUT2D eigenvalue weighted by molar-refractivity contribution is 0.0956. The number of allylic oxidation sites excluding steroid dienone is 2. The molecule has 0 bridgehead atoms. The van der Waals surface area contributed by atoms with Crippen molar-refractivity contribution >= 4 is 5.91 Å². The maximum atomic E-state index is 13.7. The number of nitrogens with one attached hydrogen (secondary N) is 3. The molecule has 0 aliphatic heterocycles. The quantitative estimate of drug-likeness (QED) is 0.682. The first-order valence-corrected chi connectivity index (χ1v) is 9.35. The monoisotopic (exact) mass is 404 g/mol. The number of methoxy groups -OCH3 is 1. The topological polar surface area (TPSA) is 79.0 Å². The van der Waals surface area contributed by atoms with E-state index in [-0.39, 0.29) is 18.5 Å². The molecule has 1 aliphatic rings. The number of aromatic nitrogens is 2. The lowest BCUT2D eigenvalue weighted by Gasteiger charge is -2.14. The lowest BCUT2D eigenvalue weighted by Crippen LogP contribution is -2.26. The molecule has 0 spiro atoms. The van der Waals surface area contributed by atoms with Gasteiger partial charge in [0.1, 0.15) is 17.4 Å². The molecular weight excluding hydrogens is 378 g/mol. The molecule has 6 nitrogen and oxygen atoms in total. The summed E-state index contributed by atoms with van der Waals surface area (Å²) in [6.07, 6.45) is 5.18. The molecule has 0 saturated carbocycles. The van der Waals surface area contributed by atoms with Crippen LogP contribution in [0.3, 0.4) is 0 Å². The highest BCUT2D eigenvalue weighted by Crippen LogP contribution is 2.30. The van der Waals surface area contributed by atoms with Gasteiger partial charge < -0.3 is 15.4 Å². The van der Waals surface area contributed by atoms with E-state index in [4.69, 9.17) is 4.74 Å². The number of hydrogen-bond acceptors (Lipinski definition) is 4. The van der Waals surface area contributed by atoms with Gasteiger partial charge in [0.2, 0.25) is 0 Å². The van der Waals surface area contributed by atoms with E-state index in [0.29, 0.717) is 17.7 Å². The molecule has 156 valence electrons. The third-order valence-corrected chi connectivity index (χ3v) is 4.36. The van der Waals surface area contributed by atoms with Crippen LogP contribution in [-0.4, -0.2) is 43.4 Å². The minimum atomic E-state index is -0.614. The molecule has 2 aromatic rings. The van der Waals surface area contributed by atoms with Crippen molar-refractivity contribution in [2.75, 3.05) is 27.2 Å². The number of carbonyl (C=O) groups excluding carboxylic acids is 1. The number of ether oxygens (including phenoxy) is 1. The molecular formula is C21H26F2N4O2. The van der Waals surface area contributed by atoms with Crippen LogP contribution >= 0.6 is 0 Å². The largest absolute Gasteiger partial charge is 0.496 e. The fraction of sp³-hybridized carbons (Fsp3) is 0.333. The van der Waals surface area contributed by atoms with Crippen LogP contribution in [0.25, 0.3) is 11.1 Å². The summed E-state index contributed by atoms with van der Waals surface area (Å²) in [6.45, 7) is 2.94. The highest BCUT2D eigenvalue weighted by Gasteiger charge is 2.18. The average Bonchev–Trinajstić information content (AvgIpc) is 3.27. The number of halogens is 2. The number of nitrogens with zero attached hydrogens (tertiary/aromatic N) is 1. The minimum absolute atomic E-state index is 0.0958. The van der Waals surface area contributed by atoms with Crippen LogP contribution < -0.4 is 15.4 Å². The lowest BCUT2D eigenvalue weighted by atomic mass is 10.0. The van der Waals surface area contributed by atoms with Crippen LogP contribution in [0, 0.1) is 0 Å². The van der Waals surface area contributed by atoms with Crippen LogP contribution in [0.1, 0.15) is 30.1 Å². The highest BCUT2D eigenvalue weighted by atomic mass is 19.1. The van der Waals surface area contributed by atoms with Crippen LogP contribution in [0.15, 0.2) is 53.9 Å². The molecule has 0 radical (unpaired) electrons. The Morgan fingerprint density at radius 2 is 2.10 bits per heavy atom. The molecule has 1 heterocycles. The summed E-state index contributed by atoms with van der Waals surface area (Å²) in [5.74, 6) is -1.07. The van der Waals surface area contributed by atoms with Gasteiger partial charge in [-0.1, -0.05) is 6.92 Å². The van der Waals surface area contributed by atoms with Crippen molar-refractivity contribution in [1.82, 2.24) is 20.8 Å². The van der Waals surface area contributed by atoms with E-state index < -0.39 is 17.6 Å². The molecule has 29 heavy (non-hydrogen) atoms. The third-order valence-electron chi connectivity index (χ3n) is 4.36. The Labute approximate surface area is 169 Å². The SMILES string of the molecule is CCNC.COc1cc(C(=O)NCC2=C(F)CCC=C2F)ccc1-c1cn[nH]c1. The van der Waals surface area contributed by atoms with Crippen LogP contribution in [-0.2, 0) is 0 Å². The summed E-state index contributed by atoms with van der Waals surface area (Å²) in [5, 5.41) is 12.1. The summed E-state index contributed by atoms with van der Waals surface area (Å²) in [4.78, 5) is 12.3. The second kappa shape index (κ2) is 11.1. The number of amides is 1. The van der Waals surface area contributed by atoms with E-state index in [9.17, 15) is 13.6 Å². The fourth-order valence-electron chi connectivity index (χ4n) is 2.65. The number of aromatic amines is 1. The summed E-state index contributed by atoms with van der Waals surface area (Å²) in [7, 11) is 3.43. The van der Waals surface area contributed by atoms with Crippen molar-refractivity contribution in [3.8, 4) is 16.9 Å². The zero-order valence-corrected chi connectivity index (χ0v) is 16.8. The van der Waals surface area contributed by atoms with Gasteiger partial charge in [0.25, 0.3) is 5.91 Å². The highest BCUT2D eigenvalue weighted by molar-refractivity contribution is 5.95. The number of H-pyrrole nitrogens is 1. The maximum Gasteiger partial charge on any atom is 0.251 e. The van der Waals surface area contributed by atoms with Gasteiger partial charge in [-0.3, -0.25) is 9.89 Å². The Bertz CT molecular complexity index is 875. The Morgan fingerprint density at radius 1 is 1.34 bits per heavy atom. The van der Waals surface area contributed by atoms with E-state index >= 15 is 0 Å². The molecule has 0 unspecified atom stereocenters. The van der Waals surface area contributed by atoms with Crippen molar-refractivity contribution in [3.63, 3.8) is 0 Å². The smallest absolute Gasteiger partial charge is 0.251 e. The average molecular weight is 404 g/mol. The third kappa shape index (κ3) is 5.99. The van der Waals surface area contributed by atoms with Crippen LogP contribution in [0.5, 0.6) is 5.75 Å². The summed E-state index contributed by atoms with van der Waals surface area (Å²) in [5.41, 5.74) is 1.85. The Balaban J connectivity index is 0.000000687. The molecule has 3 N–H and O–H groups in total. The first-order chi connectivity index (χ1) is 14.0. The van der Waals surface area contributed by atoms with Gasteiger partial charge in [0, 0.05) is 41.4 Å². The molecule has 1 aromatic heterocycles. The Morgan fingerprint density at radius 3 is 2.69 bits per heavy atom. The van der Waals surface area contributed by atoms with E-state index in [1.54, 1.807) is 30.6 Å². The normalized spacial score (nSPS) is 13.3. The molecule has 1 aliphatic carbocycles. The minimum Gasteiger partial charge on any atom is -0.496 e. The summed E-state index contributed by atoms with van der Waals surface area (Å²) in [6, 6.07) is 4.94. The summed E-state index contributed by atoms with van der Waals surface area (Å²) < 4.78 is 32.7. The van der Waals surface area contributed by atoms with E-state index in [2.05, 4.69) is 27.8 Å². The molecule has 0 fully saturated rings. The van der Waals surface area contributed by atoms with Crippen LogP contribution in [0.4, 0.5) is 8.78 Å². The molecule has 0 saturated heterocycles. The second-order valence-corrected chi connectivity index (χ2v) is 6.27. The van der Waals surface area contributed by atoms with Crippen molar-refractivity contribution in [1.29, 1.82) is 0 Å². The van der Waals surface area contributed by atoms with Gasteiger partial charge in [-0.05, 0) is 44.3 Å². The molecule has 1 aromatic carbocycles. The van der Waals surface area contributed by atoms with Gasteiger partial charge >= 0.3 is 0 Å². The van der Waals surface area contributed by atoms with Crippen molar-refractivity contribution in [2.45, 2.75) is 19.8 Å². The van der Waals surface area contributed by atoms with Crippen LogP contribution in [0.2, 0.25) is 0 Å². The number of benzene rings is 1. The molecule has 0 atom stereocenters. The second-order valence-electron chi connectivity index (χ2n) is 6.27. The van der Waals surface area contributed by atoms with Crippen molar-refractivity contribution in [2.24, 2.45) is 0 Å². The molecule has 3 rings (SSSR count). The number of carbonyl (C=O) groups is 1. The standard InChI is InChI=1S/C18H17F2N3O2.C3H9N/c1-25-17-7-11(5-6-13(17)12-8-22-23-9-12)18(24)21-10-14-15(19)3-2-4-16(14)20;1-3-4-2/h3,5-9H,2,4,10H2,1H3,(H,21,24)(H,22,23);4H,3H2,1-2H3. The fourth-order valence-corrected chi connectivity index (χ4v) is 2.65. The zero-order valence-electron chi connectivity index (χ0n) is 16.8. The summed E-state index contributed by atoms with van der Waals surface area (Å²) >= 11 is 0. The Hall–Kier alpha value is -3.00. The van der Waals surface area contributed by atoms with E-state index in [1.165, 1.54) is 13.2 Å². The first-order valence-electron chi connectivity index (χ1n) is 9.35. The van der Waals surface area contributed by atoms with E-state index in [1.807, 2.05) is 7.05 Å².